The largest absolute Gasteiger partial charge is 0.496 e. The van der Waals surface area contributed by atoms with Crippen LogP contribution in [0.5, 0.6) is 17.2 Å². The number of methoxy groups -OCH3 is 2. The molecule has 2 aliphatic heterocycles. The highest BCUT2D eigenvalue weighted by molar-refractivity contribution is 6.35. The Morgan fingerprint density at radius 3 is 2.53 bits per heavy atom. The van der Waals surface area contributed by atoms with Crippen molar-refractivity contribution in [2.75, 3.05) is 20.8 Å². The van der Waals surface area contributed by atoms with Crippen LogP contribution in [0.15, 0.2) is 47.7 Å². The fourth-order valence-corrected chi connectivity index (χ4v) is 5.71. The van der Waals surface area contributed by atoms with E-state index in [4.69, 9.17) is 25.8 Å². The number of carbonyl (C=O) groups is 2. The van der Waals surface area contributed by atoms with Crippen molar-refractivity contribution in [3.63, 3.8) is 0 Å². The summed E-state index contributed by atoms with van der Waals surface area (Å²) in [6.45, 7) is 2.17. The molecule has 0 amide bonds. The Labute approximate surface area is 202 Å². The van der Waals surface area contributed by atoms with Gasteiger partial charge >= 0.3 is 0 Å². The third kappa shape index (κ3) is 3.07. The van der Waals surface area contributed by atoms with Crippen LogP contribution in [0.3, 0.4) is 0 Å². The lowest BCUT2D eigenvalue weighted by Crippen LogP contribution is -2.55. The van der Waals surface area contributed by atoms with Gasteiger partial charge in [0.1, 0.15) is 22.1 Å². The van der Waals surface area contributed by atoms with Gasteiger partial charge in [0.15, 0.2) is 11.5 Å². The van der Waals surface area contributed by atoms with E-state index in [2.05, 4.69) is 5.32 Å². The first kappa shape index (κ1) is 22.7. The van der Waals surface area contributed by atoms with Gasteiger partial charge in [-0.2, -0.15) is 0 Å². The third-order valence-corrected chi connectivity index (χ3v) is 7.59. The van der Waals surface area contributed by atoms with Crippen molar-refractivity contribution in [2.24, 2.45) is 5.92 Å². The summed E-state index contributed by atoms with van der Waals surface area (Å²) in [6.07, 6.45) is 0.538. The highest BCUT2D eigenvalue weighted by Crippen LogP contribution is 2.55. The number of halogens is 1. The molecule has 1 spiro atoms. The van der Waals surface area contributed by atoms with Gasteiger partial charge in [0.2, 0.25) is 11.4 Å². The second-order valence-electron chi connectivity index (χ2n) is 9.10. The van der Waals surface area contributed by atoms with Crippen LogP contribution >= 0.6 is 11.6 Å². The van der Waals surface area contributed by atoms with Gasteiger partial charge in [-0.1, -0.05) is 48.9 Å². The summed E-state index contributed by atoms with van der Waals surface area (Å²) in [5, 5.41) is 15.1. The van der Waals surface area contributed by atoms with Crippen LogP contribution in [0.1, 0.15) is 42.1 Å². The molecule has 2 aromatic carbocycles. The molecule has 0 fully saturated rings. The third-order valence-electron chi connectivity index (χ3n) is 7.23. The molecule has 8 heteroatoms. The smallest absolute Gasteiger partial charge is 0.220 e. The monoisotopic (exact) mass is 483 g/mol. The Morgan fingerprint density at radius 2 is 1.85 bits per heavy atom. The highest BCUT2D eigenvalue weighted by atomic mass is 35.5. The van der Waals surface area contributed by atoms with Crippen LogP contribution in [-0.4, -0.2) is 43.0 Å². The van der Waals surface area contributed by atoms with Gasteiger partial charge < -0.3 is 24.6 Å². The summed E-state index contributed by atoms with van der Waals surface area (Å²) in [7, 11) is 2.93. The van der Waals surface area contributed by atoms with Gasteiger partial charge in [0, 0.05) is 36.9 Å². The molecule has 0 unspecified atom stereocenters. The summed E-state index contributed by atoms with van der Waals surface area (Å²) < 4.78 is 17.3. The van der Waals surface area contributed by atoms with E-state index in [1.807, 2.05) is 37.3 Å². The topological polar surface area (TPSA) is 94.1 Å². The molecule has 5 rings (SSSR count). The SMILES string of the molecule is COc1cc(OC)c2c(c1Cl)O[C@]1(C2=O)C2=C(C[C@](O)(c3ccccc3)CCN2)C(=O)C[C@H]1C. The number of ketones is 2. The van der Waals surface area contributed by atoms with E-state index in [1.54, 1.807) is 6.07 Å². The van der Waals surface area contributed by atoms with Crippen LogP contribution in [0.25, 0.3) is 0 Å². The maximum Gasteiger partial charge on any atom is 0.220 e. The first-order chi connectivity index (χ1) is 16.3. The predicted octanol–water partition coefficient (Wildman–Crippen LogP) is 3.81. The molecule has 0 bridgehead atoms. The summed E-state index contributed by atoms with van der Waals surface area (Å²) in [4.78, 5) is 27.3. The molecule has 3 atom stereocenters. The minimum atomic E-state index is -1.48. The Bertz CT molecular complexity index is 1230. The lowest BCUT2D eigenvalue weighted by molar-refractivity contribution is -0.119. The second-order valence-corrected chi connectivity index (χ2v) is 9.48. The molecule has 34 heavy (non-hydrogen) atoms. The van der Waals surface area contributed by atoms with E-state index in [9.17, 15) is 14.7 Å². The second kappa shape index (κ2) is 8.03. The number of ether oxygens (including phenoxy) is 3. The van der Waals surface area contributed by atoms with Gasteiger partial charge in [0.25, 0.3) is 0 Å². The molecule has 3 aliphatic rings. The van der Waals surface area contributed by atoms with Gasteiger partial charge in [-0.3, -0.25) is 9.59 Å². The average molecular weight is 484 g/mol. The van der Waals surface area contributed by atoms with E-state index in [0.717, 1.165) is 5.56 Å². The molecule has 0 saturated carbocycles. The zero-order chi connectivity index (χ0) is 24.3. The number of hydrogen-bond donors (Lipinski definition) is 2. The van der Waals surface area contributed by atoms with Crippen molar-refractivity contribution in [3.8, 4) is 17.2 Å². The number of hydrogen-bond acceptors (Lipinski definition) is 7. The van der Waals surface area contributed by atoms with Gasteiger partial charge in [0.05, 0.1) is 25.5 Å². The number of aliphatic hydroxyl groups is 1. The van der Waals surface area contributed by atoms with Gasteiger partial charge in [-0.25, -0.2) is 0 Å². The van der Waals surface area contributed by atoms with Crippen LogP contribution in [0.2, 0.25) is 5.02 Å². The minimum absolute atomic E-state index is 0.0772. The zero-order valence-corrected chi connectivity index (χ0v) is 20.0. The molecular formula is C26H26ClNO6. The summed E-state index contributed by atoms with van der Waals surface area (Å²) in [5.41, 5.74) is -0.994. The molecule has 0 radical (unpaired) electrons. The maximum absolute atomic E-state index is 14.1. The lowest BCUT2D eigenvalue weighted by atomic mass is 9.70. The Hall–Kier alpha value is -3.03. The molecule has 178 valence electrons. The van der Waals surface area contributed by atoms with Crippen molar-refractivity contribution < 1.29 is 28.9 Å². The van der Waals surface area contributed by atoms with Crippen LogP contribution in [-0.2, 0) is 10.4 Å². The number of carbonyl (C=O) groups excluding carboxylic acids is 2. The molecule has 0 aromatic heterocycles. The fraction of sp³-hybridized carbons (Fsp3) is 0.385. The molecule has 2 aromatic rings. The highest BCUT2D eigenvalue weighted by Gasteiger charge is 2.61. The van der Waals surface area contributed by atoms with E-state index >= 15 is 0 Å². The number of nitrogens with one attached hydrogen (secondary N) is 1. The maximum atomic E-state index is 14.1. The van der Waals surface area contributed by atoms with Crippen molar-refractivity contribution in [3.05, 3.63) is 63.8 Å². The predicted molar refractivity (Wildman–Crippen MR) is 126 cm³/mol. The molecule has 1 aliphatic carbocycles. The Kier molecular flexibility index (Phi) is 5.37. The quantitative estimate of drug-likeness (QED) is 0.685. The lowest BCUT2D eigenvalue weighted by Gasteiger charge is -2.40. The fourth-order valence-electron chi connectivity index (χ4n) is 5.44. The van der Waals surface area contributed by atoms with Crippen molar-refractivity contribution in [2.45, 2.75) is 37.4 Å². The molecule has 2 heterocycles. The zero-order valence-electron chi connectivity index (χ0n) is 19.2. The molecule has 7 nitrogen and oxygen atoms in total. The number of Topliss-reactive ketones (excluding diaryl/α,β-unsaturated/α-hetero) is 2. The summed E-state index contributed by atoms with van der Waals surface area (Å²) in [6, 6.07) is 10.8. The first-order valence-electron chi connectivity index (χ1n) is 11.2. The van der Waals surface area contributed by atoms with E-state index < -0.39 is 17.1 Å². The van der Waals surface area contributed by atoms with Crippen molar-refractivity contribution >= 4 is 23.2 Å². The van der Waals surface area contributed by atoms with Gasteiger partial charge in [-0.05, 0) is 12.0 Å². The Morgan fingerprint density at radius 1 is 1.15 bits per heavy atom. The standard InChI is InChI=1S/C26H26ClNO6/c1-14-11-17(29)16-13-25(31,15-7-5-4-6-8-15)9-10-28-23(16)26(14)24(30)20-18(32-2)12-19(33-3)21(27)22(20)34-26/h4-8,12,14,28,31H,9-11,13H2,1-3H3/t14-,25+,26+/m1/s1. The summed E-state index contributed by atoms with van der Waals surface area (Å²) in [5.74, 6) is -0.114. The number of fused-ring (bicyclic) bond motifs is 2. The molecule has 2 N–H and O–H groups in total. The Balaban J connectivity index is 1.68. The van der Waals surface area contributed by atoms with Crippen molar-refractivity contribution in [1.82, 2.24) is 5.32 Å². The number of benzene rings is 2. The first-order valence-corrected chi connectivity index (χ1v) is 11.6. The van der Waals surface area contributed by atoms with Crippen LogP contribution in [0, 0.1) is 5.92 Å². The van der Waals surface area contributed by atoms with E-state index in [1.165, 1.54) is 14.2 Å². The summed E-state index contributed by atoms with van der Waals surface area (Å²) >= 11 is 6.56. The molecule has 0 saturated heterocycles. The normalized spacial score (nSPS) is 28.1. The van der Waals surface area contributed by atoms with Gasteiger partial charge in [-0.15, -0.1) is 0 Å². The molecular weight excluding hydrogens is 458 g/mol. The average Bonchev–Trinajstić information content (AvgIpc) is 3.02. The van der Waals surface area contributed by atoms with Crippen LogP contribution in [0.4, 0.5) is 0 Å². The van der Waals surface area contributed by atoms with E-state index in [0.29, 0.717) is 35.7 Å². The van der Waals surface area contributed by atoms with Crippen molar-refractivity contribution in [1.29, 1.82) is 0 Å². The van der Waals surface area contributed by atoms with E-state index in [-0.39, 0.29) is 40.7 Å². The van der Waals surface area contributed by atoms with Crippen LogP contribution < -0.4 is 19.5 Å². The minimum Gasteiger partial charge on any atom is -0.496 e. The number of rotatable bonds is 3.